The maximum atomic E-state index is 12.5. The van der Waals surface area contributed by atoms with Crippen LogP contribution in [0.4, 0.5) is 4.79 Å². The van der Waals surface area contributed by atoms with E-state index in [0.29, 0.717) is 11.1 Å². The average Bonchev–Trinajstić information content (AvgIpc) is 3.32. The summed E-state index contributed by atoms with van der Waals surface area (Å²) in [4.78, 5) is 28.6. The molecule has 1 aliphatic rings. The number of hydrogen-bond donors (Lipinski definition) is 3. The van der Waals surface area contributed by atoms with Gasteiger partial charge in [-0.05, 0) is 11.5 Å². The first kappa shape index (κ1) is 18.4. The fourth-order valence-corrected chi connectivity index (χ4v) is 4.09. The van der Waals surface area contributed by atoms with Crippen LogP contribution in [0.25, 0.3) is 0 Å². The normalized spacial score (nSPS) is 15.6. The predicted octanol–water partition coefficient (Wildman–Crippen LogP) is 2.83. The van der Waals surface area contributed by atoms with Crippen LogP contribution in [0.5, 0.6) is 0 Å². The van der Waals surface area contributed by atoms with E-state index in [4.69, 9.17) is 0 Å². The van der Waals surface area contributed by atoms with Crippen LogP contribution < -0.4 is 10.6 Å². The number of carbonyl (C=O) groups excluding carboxylic acids is 2. The number of aromatic nitrogens is 3. The summed E-state index contributed by atoms with van der Waals surface area (Å²) < 4.78 is 0. The molecule has 0 saturated heterocycles. The van der Waals surface area contributed by atoms with E-state index in [1.807, 2.05) is 30.3 Å². The van der Waals surface area contributed by atoms with Gasteiger partial charge in [-0.15, -0.1) is 5.10 Å². The van der Waals surface area contributed by atoms with Crippen LogP contribution in [-0.2, 0) is 11.2 Å². The first-order chi connectivity index (χ1) is 12.7. The highest BCUT2D eigenvalue weighted by molar-refractivity contribution is 8.00. The minimum atomic E-state index is -0.608. The fourth-order valence-electron chi connectivity index (χ4n) is 3.16. The molecule has 1 atom stereocenters. The topological polar surface area (TPSA) is 99.8 Å². The molecule has 138 valence electrons. The molecule has 0 aliphatic heterocycles. The molecule has 1 heterocycles. The molecule has 1 unspecified atom stereocenters. The Morgan fingerprint density at radius 1 is 1.27 bits per heavy atom. The van der Waals surface area contributed by atoms with Gasteiger partial charge in [-0.25, -0.2) is 9.78 Å². The third-order valence-electron chi connectivity index (χ3n) is 4.50. The second-order valence-corrected chi connectivity index (χ2v) is 7.47. The van der Waals surface area contributed by atoms with Gasteiger partial charge in [0.05, 0.1) is 0 Å². The predicted molar refractivity (Wildman–Crippen MR) is 99.7 cm³/mol. The standard InChI is InChI=1S/C18H23N5O2S/c1-19-17(25)21-16(24)15(13-9-3-2-4-10-13)26-18-20-14(22-23-18)11-12-7-5-6-8-12/h2-4,9-10,12,15H,5-8,11H2,1H3,(H,20,22,23)(H2,19,21,24,25). The smallest absolute Gasteiger partial charge is 0.321 e. The van der Waals surface area contributed by atoms with Crippen LogP contribution in [0.3, 0.4) is 0 Å². The third kappa shape index (κ3) is 4.85. The van der Waals surface area contributed by atoms with E-state index in [2.05, 4.69) is 25.8 Å². The molecule has 1 aromatic heterocycles. The molecule has 2 aromatic rings. The van der Waals surface area contributed by atoms with Crippen LogP contribution in [0.1, 0.15) is 42.3 Å². The largest absolute Gasteiger partial charge is 0.341 e. The van der Waals surface area contributed by atoms with Gasteiger partial charge in [0.25, 0.3) is 0 Å². The summed E-state index contributed by atoms with van der Waals surface area (Å²) in [5, 5.41) is 11.9. The van der Waals surface area contributed by atoms with Crippen molar-refractivity contribution in [2.75, 3.05) is 7.05 Å². The Balaban J connectivity index is 1.72. The highest BCUT2D eigenvalue weighted by Crippen LogP contribution is 2.34. The number of imide groups is 1. The van der Waals surface area contributed by atoms with Crippen molar-refractivity contribution in [2.45, 2.75) is 42.5 Å². The van der Waals surface area contributed by atoms with Crippen LogP contribution in [0, 0.1) is 5.92 Å². The molecule has 1 aliphatic carbocycles. The highest BCUT2D eigenvalue weighted by Gasteiger charge is 2.26. The summed E-state index contributed by atoms with van der Waals surface area (Å²) in [6, 6.07) is 8.78. The molecular weight excluding hydrogens is 350 g/mol. The summed E-state index contributed by atoms with van der Waals surface area (Å²) >= 11 is 1.24. The molecule has 1 saturated carbocycles. The van der Waals surface area contributed by atoms with E-state index in [-0.39, 0.29) is 0 Å². The van der Waals surface area contributed by atoms with E-state index in [0.717, 1.165) is 17.8 Å². The first-order valence-corrected chi connectivity index (χ1v) is 9.69. The molecule has 1 fully saturated rings. The van der Waals surface area contributed by atoms with Crippen molar-refractivity contribution in [3.05, 3.63) is 41.7 Å². The Labute approximate surface area is 156 Å². The monoisotopic (exact) mass is 373 g/mol. The lowest BCUT2D eigenvalue weighted by Gasteiger charge is -2.14. The zero-order valence-corrected chi connectivity index (χ0v) is 15.5. The SMILES string of the molecule is CNC(=O)NC(=O)C(Sc1n[nH]c(CC2CCCC2)n1)c1ccccc1. The second kappa shape index (κ2) is 8.84. The first-order valence-electron chi connectivity index (χ1n) is 8.81. The van der Waals surface area contributed by atoms with Gasteiger partial charge in [-0.2, -0.15) is 0 Å². The fraction of sp³-hybridized carbons (Fsp3) is 0.444. The second-order valence-electron chi connectivity index (χ2n) is 6.40. The number of amides is 3. The zero-order chi connectivity index (χ0) is 18.4. The summed E-state index contributed by atoms with van der Waals surface area (Å²) in [5.74, 6) is 1.13. The van der Waals surface area contributed by atoms with Gasteiger partial charge in [0.15, 0.2) is 0 Å². The van der Waals surface area contributed by atoms with Crippen LogP contribution >= 0.6 is 11.8 Å². The number of nitrogens with one attached hydrogen (secondary N) is 3. The molecule has 26 heavy (non-hydrogen) atoms. The summed E-state index contributed by atoms with van der Waals surface area (Å²) in [7, 11) is 1.47. The number of benzene rings is 1. The number of aromatic amines is 1. The Morgan fingerprint density at radius 3 is 2.69 bits per heavy atom. The molecule has 1 aromatic carbocycles. The molecule has 3 amide bonds. The molecule has 0 bridgehead atoms. The van der Waals surface area contributed by atoms with E-state index < -0.39 is 17.2 Å². The Morgan fingerprint density at radius 2 is 2.00 bits per heavy atom. The number of thioether (sulfide) groups is 1. The van der Waals surface area contributed by atoms with E-state index >= 15 is 0 Å². The van der Waals surface area contributed by atoms with Crippen molar-refractivity contribution >= 4 is 23.7 Å². The van der Waals surface area contributed by atoms with Gasteiger partial charge < -0.3 is 5.32 Å². The zero-order valence-electron chi connectivity index (χ0n) is 14.7. The van der Waals surface area contributed by atoms with Crippen molar-refractivity contribution in [3.8, 4) is 0 Å². The Kier molecular flexibility index (Phi) is 6.27. The highest BCUT2D eigenvalue weighted by atomic mass is 32.2. The summed E-state index contributed by atoms with van der Waals surface area (Å²) in [6.45, 7) is 0. The number of urea groups is 1. The number of hydrogen-bond acceptors (Lipinski definition) is 5. The number of nitrogens with zero attached hydrogens (tertiary/aromatic N) is 2. The van der Waals surface area contributed by atoms with Crippen molar-refractivity contribution in [1.82, 2.24) is 25.8 Å². The van der Waals surface area contributed by atoms with Crippen molar-refractivity contribution < 1.29 is 9.59 Å². The van der Waals surface area contributed by atoms with Gasteiger partial charge in [0, 0.05) is 13.5 Å². The molecule has 0 radical (unpaired) electrons. The molecule has 0 spiro atoms. The van der Waals surface area contributed by atoms with Crippen molar-refractivity contribution in [2.24, 2.45) is 5.92 Å². The molecule has 3 rings (SSSR count). The third-order valence-corrected chi connectivity index (χ3v) is 5.61. The average molecular weight is 373 g/mol. The number of carbonyl (C=O) groups is 2. The lowest BCUT2D eigenvalue weighted by Crippen LogP contribution is -2.39. The van der Waals surface area contributed by atoms with Crippen LogP contribution in [-0.4, -0.2) is 34.2 Å². The Bertz CT molecular complexity index is 743. The van der Waals surface area contributed by atoms with Gasteiger partial charge in [0.1, 0.15) is 11.1 Å². The quantitative estimate of drug-likeness (QED) is 0.676. The molecule has 3 N–H and O–H groups in total. The van der Waals surface area contributed by atoms with E-state index in [1.165, 1.54) is 44.5 Å². The van der Waals surface area contributed by atoms with Crippen LogP contribution in [0.2, 0.25) is 0 Å². The number of rotatable bonds is 6. The molecule has 8 heteroatoms. The van der Waals surface area contributed by atoms with Crippen LogP contribution in [0.15, 0.2) is 35.5 Å². The summed E-state index contributed by atoms with van der Waals surface area (Å²) in [6.07, 6.45) is 5.95. The maximum absolute atomic E-state index is 12.5. The lowest BCUT2D eigenvalue weighted by molar-refractivity contribution is -0.119. The van der Waals surface area contributed by atoms with E-state index in [1.54, 1.807) is 0 Å². The maximum Gasteiger partial charge on any atom is 0.321 e. The van der Waals surface area contributed by atoms with Gasteiger partial charge in [0.2, 0.25) is 11.1 Å². The minimum absolute atomic E-state index is 0.400. The summed E-state index contributed by atoms with van der Waals surface area (Å²) in [5.41, 5.74) is 0.793. The number of H-pyrrole nitrogens is 1. The lowest BCUT2D eigenvalue weighted by atomic mass is 10.0. The van der Waals surface area contributed by atoms with Crippen molar-refractivity contribution in [1.29, 1.82) is 0 Å². The van der Waals surface area contributed by atoms with Gasteiger partial charge in [-0.1, -0.05) is 67.8 Å². The van der Waals surface area contributed by atoms with Crippen molar-refractivity contribution in [3.63, 3.8) is 0 Å². The molecular formula is C18H23N5O2S. The van der Waals surface area contributed by atoms with Gasteiger partial charge in [-0.3, -0.25) is 15.2 Å². The van der Waals surface area contributed by atoms with E-state index in [9.17, 15) is 9.59 Å². The minimum Gasteiger partial charge on any atom is -0.341 e. The molecule has 7 nitrogen and oxygen atoms in total. The Hall–Kier alpha value is -2.35. The van der Waals surface area contributed by atoms with Gasteiger partial charge >= 0.3 is 6.03 Å².